The van der Waals surface area contributed by atoms with Gasteiger partial charge in [-0.25, -0.2) is 9.18 Å². The largest absolute Gasteiger partial charge is 0.481 e. The topological polar surface area (TPSA) is 138 Å². The van der Waals surface area contributed by atoms with E-state index in [-0.39, 0.29) is 11.8 Å². The Bertz CT molecular complexity index is 1410. The maximum absolute atomic E-state index is 13.0. The van der Waals surface area contributed by atoms with E-state index in [4.69, 9.17) is 24.1 Å². The Morgan fingerprint density at radius 1 is 0.917 bits per heavy atom. The van der Waals surface area contributed by atoms with Crippen molar-refractivity contribution in [3.63, 3.8) is 0 Å². The molecule has 1 atom stereocenters. The van der Waals surface area contributed by atoms with E-state index in [2.05, 4.69) is 22.0 Å². The lowest BCUT2D eigenvalue weighted by atomic mass is 10.0. The number of hydrogen-bond donors (Lipinski definition) is 5. The average molecular weight is 668 g/mol. The summed E-state index contributed by atoms with van der Waals surface area (Å²) in [6.45, 7) is 8.27. The van der Waals surface area contributed by atoms with Crippen molar-refractivity contribution < 1.29 is 38.4 Å². The second kappa shape index (κ2) is 20.4. The van der Waals surface area contributed by atoms with Crippen LogP contribution >= 0.6 is 0 Å². The van der Waals surface area contributed by atoms with Crippen LogP contribution < -0.4 is 20.7 Å². The van der Waals surface area contributed by atoms with Crippen molar-refractivity contribution in [1.29, 1.82) is 0 Å². The lowest BCUT2D eigenvalue weighted by Crippen LogP contribution is -2.35. The molecule has 10 nitrogen and oxygen atoms in total. The molecule has 0 bridgehead atoms. The summed E-state index contributed by atoms with van der Waals surface area (Å²) in [4.78, 5) is 21.2. The normalized spacial score (nSPS) is 13.7. The standard InChI is InChI=1S/C35H46FN3O5.C2H4O2/c1-35(2)43-25-28-23-27(13-18-33(28)44-35)32(40)24-37-19-6-3-4-7-20-42-21-8-5-10-26-11-9-12-31(22-26)39-34(41)38-30-16-14-29(36)15-17-30;1-2(3)4/h9,11-18,22-23,32,37,40H,3-8,10,19-21,24-25H2,1-2H3,(H2,38,39,41);1H3,(H,3,4)/t32-;/m0./s1. The summed E-state index contributed by atoms with van der Waals surface area (Å²) in [7, 11) is 0. The molecule has 0 saturated heterocycles. The van der Waals surface area contributed by atoms with Gasteiger partial charge in [0.15, 0.2) is 0 Å². The molecule has 0 unspecified atom stereocenters. The van der Waals surface area contributed by atoms with Gasteiger partial charge in [0.2, 0.25) is 5.79 Å². The first-order chi connectivity index (χ1) is 23.0. The number of carboxylic acids is 1. The quantitative estimate of drug-likeness (QED) is 0.0938. The highest BCUT2D eigenvalue weighted by molar-refractivity contribution is 5.99. The SMILES string of the molecule is CC(=O)O.CC1(C)OCc2cc([C@@H](O)CNCCCCCCOCCCCc3cccc(NC(=O)Nc4ccc(F)cc4)c3)ccc2O1. The average Bonchev–Trinajstić information content (AvgIpc) is 3.03. The second-order valence-electron chi connectivity index (χ2n) is 12.2. The van der Waals surface area contributed by atoms with Crippen molar-refractivity contribution >= 4 is 23.4 Å². The summed E-state index contributed by atoms with van der Waals surface area (Å²) < 4.78 is 30.4. The fraction of sp³-hybridized carbons (Fsp3) is 0.459. The number of aliphatic hydroxyl groups is 1. The number of carbonyl (C=O) groups excluding carboxylic acids is 1. The number of ether oxygens (including phenoxy) is 3. The number of nitrogens with one attached hydrogen (secondary N) is 3. The molecule has 48 heavy (non-hydrogen) atoms. The third kappa shape index (κ3) is 15.2. The second-order valence-corrected chi connectivity index (χ2v) is 12.2. The van der Waals surface area contributed by atoms with Crippen LogP contribution in [0.25, 0.3) is 0 Å². The van der Waals surface area contributed by atoms with Gasteiger partial charge in [0, 0.05) is 57.5 Å². The number of halogens is 1. The molecule has 1 aliphatic rings. The van der Waals surface area contributed by atoms with Crippen molar-refractivity contribution in [2.45, 2.75) is 84.2 Å². The molecule has 0 radical (unpaired) electrons. The predicted molar refractivity (Wildman–Crippen MR) is 185 cm³/mol. The van der Waals surface area contributed by atoms with Crippen LogP contribution in [0.3, 0.4) is 0 Å². The molecule has 2 amide bonds. The number of fused-ring (bicyclic) bond motifs is 1. The number of amides is 2. The van der Waals surface area contributed by atoms with Crippen molar-refractivity contribution in [3.05, 3.63) is 89.2 Å². The summed E-state index contributed by atoms with van der Waals surface area (Å²) in [5, 5.41) is 26.9. The minimum absolute atomic E-state index is 0.345. The highest BCUT2D eigenvalue weighted by Gasteiger charge is 2.27. The summed E-state index contributed by atoms with van der Waals surface area (Å²) in [6, 6.07) is 18.9. The van der Waals surface area contributed by atoms with E-state index in [0.717, 1.165) is 99.8 Å². The van der Waals surface area contributed by atoms with Gasteiger partial charge in [-0.1, -0.05) is 31.0 Å². The Kier molecular flexibility index (Phi) is 16.3. The number of anilines is 2. The van der Waals surface area contributed by atoms with Gasteiger partial charge in [-0.3, -0.25) is 4.79 Å². The number of carbonyl (C=O) groups is 2. The molecule has 0 saturated carbocycles. The highest BCUT2D eigenvalue weighted by atomic mass is 19.1. The minimum Gasteiger partial charge on any atom is -0.481 e. The van der Waals surface area contributed by atoms with Crippen LogP contribution in [0.15, 0.2) is 66.7 Å². The van der Waals surface area contributed by atoms with Crippen LogP contribution in [0.5, 0.6) is 5.75 Å². The molecule has 3 aromatic carbocycles. The molecule has 0 spiro atoms. The molecule has 0 aliphatic carbocycles. The molecule has 11 heteroatoms. The van der Waals surface area contributed by atoms with Gasteiger partial charge in [0.25, 0.3) is 5.97 Å². The van der Waals surface area contributed by atoms with Gasteiger partial charge in [-0.15, -0.1) is 0 Å². The van der Waals surface area contributed by atoms with Crippen LogP contribution in [0, 0.1) is 5.82 Å². The van der Waals surface area contributed by atoms with Crippen molar-refractivity contribution in [1.82, 2.24) is 5.32 Å². The Morgan fingerprint density at radius 2 is 1.60 bits per heavy atom. The van der Waals surface area contributed by atoms with Crippen LogP contribution in [-0.4, -0.2) is 54.3 Å². The zero-order valence-corrected chi connectivity index (χ0v) is 28.2. The first kappa shape index (κ1) is 38.4. The number of unbranched alkanes of at least 4 members (excludes halogenated alkanes) is 4. The van der Waals surface area contributed by atoms with E-state index >= 15 is 0 Å². The molecule has 0 aromatic heterocycles. The number of aliphatic hydroxyl groups excluding tert-OH is 1. The number of urea groups is 1. The molecule has 4 rings (SSSR count). The minimum atomic E-state index is -0.833. The van der Waals surface area contributed by atoms with Gasteiger partial charge in [0.1, 0.15) is 11.6 Å². The fourth-order valence-electron chi connectivity index (χ4n) is 5.00. The van der Waals surface area contributed by atoms with Gasteiger partial charge in [-0.2, -0.15) is 0 Å². The van der Waals surface area contributed by atoms with E-state index < -0.39 is 17.9 Å². The summed E-state index contributed by atoms with van der Waals surface area (Å²) >= 11 is 0. The van der Waals surface area contributed by atoms with Crippen molar-refractivity contribution in [2.75, 3.05) is 36.9 Å². The van der Waals surface area contributed by atoms with Crippen LogP contribution in [0.4, 0.5) is 20.6 Å². The molecule has 5 N–H and O–H groups in total. The molecular formula is C37H50FN3O7. The summed E-state index contributed by atoms with van der Waals surface area (Å²) in [5.74, 6) is -0.979. The van der Waals surface area contributed by atoms with Gasteiger partial charge in [0.05, 0.1) is 12.7 Å². The van der Waals surface area contributed by atoms with Gasteiger partial charge < -0.3 is 40.4 Å². The molecule has 1 heterocycles. The number of rotatable bonds is 17. The zero-order chi connectivity index (χ0) is 34.8. The Balaban J connectivity index is 0.00000148. The van der Waals surface area contributed by atoms with E-state index in [9.17, 15) is 14.3 Å². The smallest absolute Gasteiger partial charge is 0.323 e. The van der Waals surface area contributed by atoms with E-state index in [1.165, 1.54) is 24.3 Å². The van der Waals surface area contributed by atoms with E-state index in [0.29, 0.717) is 18.8 Å². The van der Waals surface area contributed by atoms with Crippen LogP contribution in [-0.2, 0) is 27.3 Å². The monoisotopic (exact) mass is 667 g/mol. The zero-order valence-electron chi connectivity index (χ0n) is 28.2. The fourth-order valence-corrected chi connectivity index (χ4v) is 5.00. The molecular weight excluding hydrogens is 617 g/mol. The maximum Gasteiger partial charge on any atom is 0.323 e. The van der Waals surface area contributed by atoms with E-state index in [1.54, 1.807) is 0 Å². The number of aryl methyl sites for hydroxylation is 1. The van der Waals surface area contributed by atoms with E-state index in [1.807, 2.05) is 50.2 Å². The third-order valence-electron chi connectivity index (χ3n) is 7.42. The maximum atomic E-state index is 13.0. The molecule has 262 valence electrons. The Hall–Kier alpha value is -4.03. The predicted octanol–water partition coefficient (Wildman–Crippen LogP) is 7.43. The van der Waals surface area contributed by atoms with Crippen molar-refractivity contribution in [3.8, 4) is 5.75 Å². The Labute approximate surface area is 283 Å². The number of benzene rings is 3. The lowest BCUT2D eigenvalue weighted by Gasteiger charge is -2.33. The number of carboxylic acid groups (broad SMARTS) is 1. The lowest BCUT2D eigenvalue weighted by molar-refractivity contribution is -0.180. The van der Waals surface area contributed by atoms with Crippen molar-refractivity contribution in [2.24, 2.45) is 0 Å². The molecule has 3 aromatic rings. The van der Waals surface area contributed by atoms with Crippen LogP contribution in [0.1, 0.15) is 82.1 Å². The molecule has 1 aliphatic heterocycles. The third-order valence-corrected chi connectivity index (χ3v) is 7.42. The van der Waals surface area contributed by atoms with Gasteiger partial charge >= 0.3 is 6.03 Å². The Morgan fingerprint density at radius 3 is 2.35 bits per heavy atom. The van der Waals surface area contributed by atoms with Gasteiger partial charge in [-0.05, 0) is 98.3 Å². The number of hydrogen-bond acceptors (Lipinski definition) is 7. The highest BCUT2D eigenvalue weighted by Crippen LogP contribution is 2.32. The summed E-state index contributed by atoms with van der Waals surface area (Å²) in [6.07, 6.45) is 6.70. The molecule has 0 fully saturated rings. The first-order valence-electron chi connectivity index (χ1n) is 16.5. The number of aliphatic carboxylic acids is 1. The van der Waals surface area contributed by atoms with Crippen LogP contribution in [0.2, 0.25) is 0 Å². The first-order valence-corrected chi connectivity index (χ1v) is 16.5. The summed E-state index contributed by atoms with van der Waals surface area (Å²) in [5.41, 5.74) is 4.24.